The van der Waals surface area contributed by atoms with Gasteiger partial charge in [-0.25, -0.2) is 0 Å². The van der Waals surface area contributed by atoms with Gasteiger partial charge < -0.3 is 0 Å². The van der Waals surface area contributed by atoms with Gasteiger partial charge in [0.05, 0.1) is 5.57 Å². The summed E-state index contributed by atoms with van der Waals surface area (Å²) in [6, 6.07) is 9.59. The first-order chi connectivity index (χ1) is 11.2. The highest BCUT2D eigenvalue weighted by Gasteiger charge is 2.18. The van der Waals surface area contributed by atoms with Crippen LogP contribution in [0, 0.1) is 18.3 Å². The molecule has 1 N–H and O–H groups in total. The molecular weight excluding hydrogens is 308 g/mol. The van der Waals surface area contributed by atoms with Crippen LogP contribution in [0.25, 0.3) is 5.57 Å². The fraction of sp³-hybridized carbons (Fsp3) is 0.294. The predicted octanol–water partition coefficient (Wildman–Crippen LogP) is 3.95. The van der Waals surface area contributed by atoms with Crippen LogP contribution >= 0.6 is 11.3 Å². The Hall–Kier alpha value is -2.52. The number of allylic oxidation sites excluding steroid dienone is 2. The first kappa shape index (κ1) is 15.4. The Kier molecular flexibility index (Phi) is 4.49. The summed E-state index contributed by atoms with van der Waals surface area (Å²) in [4.78, 5) is 12.2. The van der Waals surface area contributed by atoms with Crippen molar-refractivity contribution in [3.63, 3.8) is 0 Å². The van der Waals surface area contributed by atoms with Gasteiger partial charge in [0.1, 0.15) is 6.07 Å². The van der Waals surface area contributed by atoms with E-state index < -0.39 is 0 Å². The van der Waals surface area contributed by atoms with E-state index in [4.69, 9.17) is 0 Å². The maximum absolute atomic E-state index is 12.2. The van der Waals surface area contributed by atoms with Gasteiger partial charge in [0.2, 0.25) is 5.13 Å². The second-order valence-corrected chi connectivity index (χ2v) is 6.51. The van der Waals surface area contributed by atoms with Crippen LogP contribution in [0.1, 0.15) is 46.6 Å². The number of rotatable bonds is 3. The minimum Gasteiger partial charge on any atom is -0.296 e. The SMILES string of the molecule is Cc1cccc(C(=O)Nc2nnc(C(C#N)=C3CCCC3)s2)c1. The Bertz CT molecular complexity index is 808. The summed E-state index contributed by atoms with van der Waals surface area (Å²) < 4.78 is 0. The summed E-state index contributed by atoms with van der Waals surface area (Å²) in [6.07, 6.45) is 4.15. The van der Waals surface area contributed by atoms with E-state index >= 15 is 0 Å². The minimum absolute atomic E-state index is 0.219. The van der Waals surface area contributed by atoms with E-state index in [0.29, 0.717) is 21.3 Å². The summed E-state index contributed by atoms with van der Waals surface area (Å²) in [5, 5.41) is 21.2. The van der Waals surface area contributed by atoms with Gasteiger partial charge in [-0.05, 0) is 50.3 Å². The molecule has 1 amide bonds. The highest BCUT2D eigenvalue weighted by molar-refractivity contribution is 7.16. The Labute approximate surface area is 138 Å². The van der Waals surface area contributed by atoms with Crippen molar-refractivity contribution in [1.29, 1.82) is 5.26 Å². The second kappa shape index (κ2) is 6.71. The third-order valence-corrected chi connectivity index (χ3v) is 4.67. The number of benzene rings is 1. The Morgan fingerprint density at radius 3 is 2.78 bits per heavy atom. The number of nitrogens with zero attached hydrogens (tertiary/aromatic N) is 3. The highest BCUT2D eigenvalue weighted by Crippen LogP contribution is 2.33. The van der Waals surface area contributed by atoms with E-state index in [9.17, 15) is 10.1 Å². The molecule has 1 saturated carbocycles. The van der Waals surface area contributed by atoms with Crippen LogP contribution in [-0.4, -0.2) is 16.1 Å². The van der Waals surface area contributed by atoms with Gasteiger partial charge in [-0.15, -0.1) is 10.2 Å². The molecule has 5 nitrogen and oxygen atoms in total. The van der Waals surface area contributed by atoms with Crippen LogP contribution in [0.2, 0.25) is 0 Å². The van der Waals surface area contributed by atoms with Gasteiger partial charge in [0.25, 0.3) is 5.91 Å². The lowest BCUT2D eigenvalue weighted by molar-refractivity contribution is 0.102. The Morgan fingerprint density at radius 1 is 1.30 bits per heavy atom. The Balaban J connectivity index is 1.79. The number of hydrogen-bond donors (Lipinski definition) is 1. The molecule has 1 aromatic carbocycles. The van der Waals surface area contributed by atoms with Crippen LogP contribution in [-0.2, 0) is 0 Å². The van der Waals surface area contributed by atoms with Crippen LogP contribution in [0.4, 0.5) is 5.13 Å². The molecule has 6 heteroatoms. The topological polar surface area (TPSA) is 78.7 Å². The number of amides is 1. The summed E-state index contributed by atoms with van der Waals surface area (Å²) in [5.74, 6) is -0.219. The maximum atomic E-state index is 12.2. The third-order valence-electron chi connectivity index (χ3n) is 3.81. The van der Waals surface area contributed by atoms with Gasteiger partial charge in [-0.1, -0.05) is 29.0 Å². The summed E-state index contributed by atoms with van der Waals surface area (Å²) in [5.41, 5.74) is 3.38. The van der Waals surface area contributed by atoms with Crippen molar-refractivity contribution in [2.24, 2.45) is 0 Å². The molecule has 1 fully saturated rings. The molecule has 23 heavy (non-hydrogen) atoms. The van der Waals surface area contributed by atoms with E-state index in [2.05, 4.69) is 21.6 Å². The molecule has 0 bridgehead atoms. The first-order valence-corrected chi connectivity index (χ1v) is 8.33. The maximum Gasteiger partial charge on any atom is 0.257 e. The highest BCUT2D eigenvalue weighted by atomic mass is 32.1. The van der Waals surface area contributed by atoms with Gasteiger partial charge in [-0.3, -0.25) is 10.1 Å². The quantitative estimate of drug-likeness (QED) is 0.867. The monoisotopic (exact) mass is 324 g/mol. The van der Waals surface area contributed by atoms with Crippen molar-refractivity contribution < 1.29 is 4.79 Å². The van der Waals surface area contributed by atoms with Gasteiger partial charge >= 0.3 is 0 Å². The molecule has 116 valence electrons. The van der Waals surface area contributed by atoms with Gasteiger partial charge in [-0.2, -0.15) is 5.26 Å². The number of nitriles is 1. The Morgan fingerprint density at radius 2 is 2.09 bits per heavy atom. The zero-order chi connectivity index (χ0) is 16.2. The largest absolute Gasteiger partial charge is 0.296 e. The minimum atomic E-state index is -0.219. The van der Waals surface area contributed by atoms with Gasteiger partial charge in [0, 0.05) is 5.56 Å². The van der Waals surface area contributed by atoms with Crippen molar-refractivity contribution in [3.8, 4) is 6.07 Å². The number of carbonyl (C=O) groups excluding carboxylic acids is 1. The summed E-state index contributed by atoms with van der Waals surface area (Å²) in [7, 11) is 0. The van der Waals surface area contributed by atoms with Crippen LogP contribution < -0.4 is 5.32 Å². The second-order valence-electron chi connectivity index (χ2n) is 5.53. The molecule has 3 rings (SSSR count). The lowest BCUT2D eigenvalue weighted by atomic mass is 10.1. The number of aryl methyl sites for hydroxylation is 1. The normalized spacial score (nSPS) is 13.7. The molecule has 0 aliphatic heterocycles. The number of nitrogens with one attached hydrogen (secondary N) is 1. The first-order valence-electron chi connectivity index (χ1n) is 7.51. The average molecular weight is 324 g/mol. The predicted molar refractivity (Wildman–Crippen MR) is 90.0 cm³/mol. The number of aromatic nitrogens is 2. The van der Waals surface area contributed by atoms with Crippen LogP contribution in [0.3, 0.4) is 0 Å². The van der Waals surface area contributed by atoms with Crippen molar-refractivity contribution in [2.75, 3.05) is 5.32 Å². The van der Waals surface area contributed by atoms with Crippen molar-refractivity contribution in [3.05, 3.63) is 46.0 Å². The lowest BCUT2D eigenvalue weighted by Gasteiger charge is -2.01. The fourth-order valence-electron chi connectivity index (χ4n) is 2.66. The lowest BCUT2D eigenvalue weighted by Crippen LogP contribution is -2.11. The average Bonchev–Trinajstić information content (AvgIpc) is 3.21. The van der Waals surface area contributed by atoms with Gasteiger partial charge in [0.15, 0.2) is 5.01 Å². The van der Waals surface area contributed by atoms with E-state index in [0.717, 1.165) is 36.8 Å². The van der Waals surface area contributed by atoms with Crippen molar-refractivity contribution in [2.45, 2.75) is 32.6 Å². The number of carbonyl (C=O) groups is 1. The molecule has 0 unspecified atom stereocenters. The zero-order valence-electron chi connectivity index (χ0n) is 12.8. The smallest absolute Gasteiger partial charge is 0.257 e. The summed E-state index contributed by atoms with van der Waals surface area (Å²) in [6.45, 7) is 1.94. The molecule has 0 spiro atoms. The molecular formula is C17H16N4OS. The molecule has 0 saturated heterocycles. The standard InChI is InChI=1S/C17H16N4OS/c1-11-5-4-8-13(9-11)15(22)19-17-21-20-16(23-17)14(10-18)12-6-2-3-7-12/h4-5,8-9H,2-3,6-7H2,1H3,(H,19,21,22). The number of anilines is 1. The molecule has 1 aliphatic rings. The van der Waals surface area contributed by atoms with Crippen LogP contribution in [0.5, 0.6) is 0 Å². The van der Waals surface area contributed by atoms with E-state index in [1.807, 2.05) is 25.1 Å². The summed E-state index contributed by atoms with van der Waals surface area (Å²) >= 11 is 1.25. The van der Waals surface area contributed by atoms with E-state index in [-0.39, 0.29) is 5.91 Å². The van der Waals surface area contributed by atoms with Crippen LogP contribution in [0.15, 0.2) is 29.8 Å². The molecule has 1 heterocycles. The number of hydrogen-bond acceptors (Lipinski definition) is 5. The molecule has 0 radical (unpaired) electrons. The molecule has 1 aromatic heterocycles. The van der Waals surface area contributed by atoms with E-state index in [1.165, 1.54) is 11.3 Å². The molecule has 0 atom stereocenters. The third kappa shape index (κ3) is 3.46. The van der Waals surface area contributed by atoms with Crippen molar-refractivity contribution >= 4 is 27.9 Å². The zero-order valence-corrected chi connectivity index (χ0v) is 13.6. The fourth-order valence-corrected chi connectivity index (χ4v) is 3.44. The molecule has 2 aromatic rings. The molecule has 1 aliphatic carbocycles. The van der Waals surface area contributed by atoms with E-state index in [1.54, 1.807) is 6.07 Å². The van der Waals surface area contributed by atoms with Crippen molar-refractivity contribution in [1.82, 2.24) is 10.2 Å².